The first-order valence-corrected chi connectivity index (χ1v) is 10.0. The molecule has 0 saturated carbocycles. The molecular weight excluding hydrogens is 350 g/mol. The van der Waals surface area contributed by atoms with E-state index >= 15 is 0 Å². The smallest absolute Gasteiger partial charge is 0.228 e. The van der Waals surface area contributed by atoms with Crippen molar-refractivity contribution in [1.29, 1.82) is 0 Å². The molecule has 1 amide bonds. The second kappa shape index (κ2) is 7.46. The van der Waals surface area contributed by atoms with Gasteiger partial charge < -0.3 is 14.2 Å². The van der Waals surface area contributed by atoms with Gasteiger partial charge in [0.1, 0.15) is 5.82 Å². The number of fused-ring (bicyclic) bond motifs is 1. The van der Waals surface area contributed by atoms with Crippen LogP contribution in [0.25, 0.3) is 0 Å². The maximum atomic E-state index is 12.5. The monoisotopic (exact) mass is 375 g/mol. The summed E-state index contributed by atoms with van der Waals surface area (Å²) in [6.07, 6.45) is 2.43. The van der Waals surface area contributed by atoms with Crippen LogP contribution in [0.3, 0.4) is 0 Å². The summed E-state index contributed by atoms with van der Waals surface area (Å²) in [4.78, 5) is 27.3. The zero-order chi connectivity index (χ0) is 18.1. The molecule has 26 heavy (non-hydrogen) atoms. The Labute approximate surface area is 157 Å². The summed E-state index contributed by atoms with van der Waals surface area (Å²) < 4.78 is 7.53. The predicted octanol–water partition coefficient (Wildman–Crippen LogP) is 1.63. The van der Waals surface area contributed by atoms with E-state index in [1.807, 2.05) is 10.4 Å². The molecule has 1 saturated heterocycles. The fourth-order valence-electron chi connectivity index (χ4n) is 3.63. The van der Waals surface area contributed by atoms with Gasteiger partial charge in [-0.2, -0.15) is 0 Å². The SMILES string of the molecule is Cc1ncsc1CN1CCn2cc(CC(=O)N3CCOCC3)nc2C1C. The Morgan fingerprint density at radius 1 is 1.31 bits per heavy atom. The summed E-state index contributed by atoms with van der Waals surface area (Å²) in [7, 11) is 0. The number of hydrogen-bond acceptors (Lipinski definition) is 6. The summed E-state index contributed by atoms with van der Waals surface area (Å²) >= 11 is 1.72. The van der Waals surface area contributed by atoms with E-state index in [0.717, 1.165) is 36.8 Å². The van der Waals surface area contributed by atoms with E-state index in [2.05, 4.69) is 34.5 Å². The maximum absolute atomic E-state index is 12.5. The number of amides is 1. The van der Waals surface area contributed by atoms with Gasteiger partial charge in [-0.25, -0.2) is 9.97 Å². The molecule has 1 atom stereocenters. The van der Waals surface area contributed by atoms with Crippen molar-refractivity contribution < 1.29 is 9.53 Å². The molecule has 2 aliphatic heterocycles. The fraction of sp³-hybridized carbons (Fsp3) is 0.611. The molecule has 2 aliphatic rings. The molecule has 4 heterocycles. The van der Waals surface area contributed by atoms with Gasteiger partial charge in [0.25, 0.3) is 0 Å². The van der Waals surface area contributed by atoms with E-state index in [0.29, 0.717) is 32.7 Å². The molecule has 2 aromatic heterocycles. The lowest BCUT2D eigenvalue weighted by atomic mass is 10.2. The second-order valence-corrected chi connectivity index (χ2v) is 7.90. The van der Waals surface area contributed by atoms with E-state index in [1.54, 1.807) is 11.3 Å². The predicted molar refractivity (Wildman–Crippen MR) is 99.0 cm³/mol. The molecule has 1 fully saturated rings. The van der Waals surface area contributed by atoms with Crippen molar-refractivity contribution in [3.05, 3.63) is 33.8 Å². The number of thiazole rings is 1. The van der Waals surface area contributed by atoms with Crippen LogP contribution in [0.2, 0.25) is 0 Å². The quantitative estimate of drug-likeness (QED) is 0.813. The number of aryl methyl sites for hydroxylation is 1. The molecule has 2 aromatic rings. The Kier molecular flexibility index (Phi) is 5.06. The summed E-state index contributed by atoms with van der Waals surface area (Å²) in [5.41, 5.74) is 3.90. The van der Waals surface area contributed by atoms with Crippen molar-refractivity contribution in [2.45, 2.75) is 39.4 Å². The molecule has 0 aromatic carbocycles. The number of carbonyl (C=O) groups is 1. The lowest BCUT2D eigenvalue weighted by Crippen LogP contribution is -2.41. The van der Waals surface area contributed by atoms with E-state index in [1.165, 1.54) is 4.88 Å². The third-order valence-electron chi connectivity index (χ3n) is 5.29. The van der Waals surface area contributed by atoms with Gasteiger partial charge in [0.05, 0.1) is 42.6 Å². The number of rotatable bonds is 4. The van der Waals surface area contributed by atoms with Crippen LogP contribution in [0.1, 0.15) is 35.1 Å². The van der Waals surface area contributed by atoms with Gasteiger partial charge in [0.15, 0.2) is 0 Å². The normalized spacial score (nSPS) is 21.0. The fourth-order valence-corrected chi connectivity index (χ4v) is 4.44. The van der Waals surface area contributed by atoms with Gasteiger partial charge in [-0.15, -0.1) is 11.3 Å². The van der Waals surface area contributed by atoms with Gasteiger partial charge in [0.2, 0.25) is 5.91 Å². The van der Waals surface area contributed by atoms with Crippen molar-refractivity contribution in [2.24, 2.45) is 0 Å². The van der Waals surface area contributed by atoms with E-state index in [4.69, 9.17) is 9.72 Å². The van der Waals surface area contributed by atoms with Crippen LogP contribution in [0.4, 0.5) is 0 Å². The first kappa shape index (κ1) is 17.6. The van der Waals surface area contributed by atoms with E-state index < -0.39 is 0 Å². The van der Waals surface area contributed by atoms with Gasteiger partial charge >= 0.3 is 0 Å². The van der Waals surface area contributed by atoms with Crippen molar-refractivity contribution in [2.75, 3.05) is 32.8 Å². The van der Waals surface area contributed by atoms with Crippen LogP contribution in [0.5, 0.6) is 0 Å². The third kappa shape index (κ3) is 3.54. The third-order valence-corrected chi connectivity index (χ3v) is 6.21. The molecule has 140 valence electrons. The number of imidazole rings is 1. The summed E-state index contributed by atoms with van der Waals surface area (Å²) in [6.45, 7) is 9.71. The van der Waals surface area contributed by atoms with Crippen molar-refractivity contribution in [1.82, 2.24) is 24.3 Å². The number of morpholine rings is 1. The van der Waals surface area contributed by atoms with Crippen LogP contribution in [-0.4, -0.2) is 63.1 Å². The average molecular weight is 375 g/mol. The molecule has 8 heteroatoms. The highest BCUT2D eigenvalue weighted by molar-refractivity contribution is 7.09. The molecule has 0 spiro atoms. The Hall–Kier alpha value is -1.77. The summed E-state index contributed by atoms with van der Waals surface area (Å²) in [6, 6.07) is 0.234. The molecule has 1 unspecified atom stereocenters. The van der Waals surface area contributed by atoms with Gasteiger partial charge in [0, 0.05) is 43.8 Å². The number of aromatic nitrogens is 3. The molecule has 0 radical (unpaired) electrons. The largest absolute Gasteiger partial charge is 0.378 e. The van der Waals surface area contributed by atoms with Crippen LogP contribution in [-0.2, 0) is 29.0 Å². The summed E-state index contributed by atoms with van der Waals surface area (Å²) in [5.74, 6) is 1.21. The van der Waals surface area contributed by atoms with Crippen LogP contribution < -0.4 is 0 Å². The minimum Gasteiger partial charge on any atom is -0.378 e. The number of carbonyl (C=O) groups excluding carboxylic acids is 1. The molecule has 0 aliphatic carbocycles. The van der Waals surface area contributed by atoms with Crippen molar-refractivity contribution in [3.8, 4) is 0 Å². The van der Waals surface area contributed by atoms with Crippen molar-refractivity contribution in [3.63, 3.8) is 0 Å². The second-order valence-electron chi connectivity index (χ2n) is 6.96. The zero-order valence-electron chi connectivity index (χ0n) is 15.3. The minimum absolute atomic E-state index is 0.147. The molecule has 4 rings (SSSR count). The first-order chi connectivity index (χ1) is 12.6. The highest BCUT2D eigenvalue weighted by Gasteiger charge is 2.28. The molecular formula is C18H25N5O2S. The Bertz CT molecular complexity index is 780. The highest BCUT2D eigenvalue weighted by Crippen LogP contribution is 2.28. The van der Waals surface area contributed by atoms with Crippen LogP contribution in [0.15, 0.2) is 11.7 Å². The lowest BCUT2D eigenvalue weighted by Gasteiger charge is -2.33. The van der Waals surface area contributed by atoms with Gasteiger partial charge in [-0.1, -0.05) is 0 Å². The Balaban J connectivity index is 1.44. The lowest BCUT2D eigenvalue weighted by molar-refractivity contribution is -0.134. The average Bonchev–Trinajstić information content (AvgIpc) is 3.24. The first-order valence-electron chi connectivity index (χ1n) is 9.16. The Morgan fingerprint density at radius 2 is 2.12 bits per heavy atom. The number of nitrogens with zero attached hydrogens (tertiary/aromatic N) is 5. The van der Waals surface area contributed by atoms with Crippen LogP contribution in [0, 0.1) is 6.92 Å². The van der Waals surface area contributed by atoms with Crippen molar-refractivity contribution >= 4 is 17.2 Å². The summed E-state index contributed by atoms with van der Waals surface area (Å²) in [5, 5.41) is 0. The molecule has 7 nitrogen and oxygen atoms in total. The van der Waals surface area contributed by atoms with Gasteiger partial charge in [-0.3, -0.25) is 9.69 Å². The number of ether oxygens (including phenoxy) is 1. The van der Waals surface area contributed by atoms with Crippen LogP contribution >= 0.6 is 11.3 Å². The van der Waals surface area contributed by atoms with E-state index in [9.17, 15) is 4.79 Å². The molecule has 0 N–H and O–H groups in total. The number of hydrogen-bond donors (Lipinski definition) is 0. The maximum Gasteiger partial charge on any atom is 0.228 e. The minimum atomic E-state index is 0.147. The standard InChI is InChI=1S/C18H25N5O2S/c1-13-16(26-12-19-13)11-22-3-4-23-10-15(20-18(23)14(22)2)9-17(24)21-5-7-25-8-6-21/h10,12,14H,3-9,11H2,1-2H3. The highest BCUT2D eigenvalue weighted by atomic mass is 32.1. The Morgan fingerprint density at radius 3 is 2.85 bits per heavy atom. The topological polar surface area (TPSA) is 63.5 Å². The molecule has 0 bridgehead atoms. The zero-order valence-corrected chi connectivity index (χ0v) is 16.2. The van der Waals surface area contributed by atoms with E-state index in [-0.39, 0.29) is 11.9 Å². The van der Waals surface area contributed by atoms with Gasteiger partial charge in [-0.05, 0) is 13.8 Å².